The van der Waals surface area contributed by atoms with Crippen LogP contribution in [0.15, 0.2) is 36.0 Å². The van der Waals surface area contributed by atoms with E-state index in [9.17, 15) is 13.6 Å². The Kier molecular flexibility index (Phi) is 5.17. The number of halogens is 2. The highest BCUT2D eigenvalue weighted by Gasteiger charge is 2.31. The van der Waals surface area contributed by atoms with Gasteiger partial charge in [-0.3, -0.25) is 4.79 Å². The quantitative estimate of drug-likeness (QED) is 0.601. The predicted molar refractivity (Wildman–Crippen MR) is 92.5 cm³/mol. The lowest BCUT2D eigenvalue weighted by Crippen LogP contribution is -2.23. The minimum Gasteiger partial charge on any atom is -0.323 e. The molecule has 1 N–H and O–H groups in total. The molecule has 0 saturated heterocycles. The molecule has 1 aromatic heterocycles. The highest BCUT2D eigenvalue weighted by Crippen LogP contribution is 2.40. The monoisotopic (exact) mass is 364 g/mol. The maximum atomic E-state index is 13.7. The second-order valence-electron chi connectivity index (χ2n) is 5.89. The van der Waals surface area contributed by atoms with Crippen LogP contribution in [0.2, 0.25) is 0 Å². The first-order valence-corrected chi connectivity index (χ1v) is 8.84. The van der Waals surface area contributed by atoms with Gasteiger partial charge >= 0.3 is 0 Å². The average molecular weight is 364 g/mol. The summed E-state index contributed by atoms with van der Waals surface area (Å²) in [5.74, 6) is -0.399. The number of benzene rings is 1. The number of aromatic nitrogens is 3. The maximum absolute atomic E-state index is 13.7. The molecule has 5 nitrogen and oxygen atoms in total. The summed E-state index contributed by atoms with van der Waals surface area (Å²) in [6, 6.07) is 2.93. The minimum absolute atomic E-state index is 0.177. The van der Waals surface area contributed by atoms with Crippen LogP contribution in [0, 0.1) is 11.6 Å². The summed E-state index contributed by atoms with van der Waals surface area (Å²) in [5, 5.41) is 10.9. The van der Waals surface area contributed by atoms with E-state index in [1.54, 1.807) is 13.0 Å². The van der Waals surface area contributed by atoms with E-state index in [0.717, 1.165) is 36.9 Å². The van der Waals surface area contributed by atoms with Crippen LogP contribution >= 0.6 is 11.8 Å². The number of carbonyl (C=O) groups is 1. The number of allylic oxidation sites excluding steroid dienone is 1. The van der Waals surface area contributed by atoms with Gasteiger partial charge in [-0.25, -0.2) is 8.78 Å². The van der Waals surface area contributed by atoms with Crippen molar-refractivity contribution in [3.63, 3.8) is 0 Å². The molecule has 1 atom stereocenters. The molecule has 1 aliphatic rings. The molecule has 1 heterocycles. The van der Waals surface area contributed by atoms with Gasteiger partial charge in [-0.1, -0.05) is 17.8 Å². The molecular formula is C17H18F2N4OS. The summed E-state index contributed by atoms with van der Waals surface area (Å²) >= 11 is 1.23. The van der Waals surface area contributed by atoms with Gasteiger partial charge in [-0.05, 0) is 31.9 Å². The third-order valence-corrected chi connectivity index (χ3v) is 4.92. The standard InChI is InChI=1S/C17H18F2N4OS/c1-3-8-23-15(11-4-5-11)21-22-17(23)25-10(2)16(24)20-14-9-12(18)6-7-13(14)19/h3,6-7,9-11H,1,4-5,8H2,2H3,(H,20,24). The Bertz CT molecular complexity index is 804. The number of rotatable bonds is 7. The van der Waals surface area contributed by atoms with Crippen LogP contribution in [0.4, 0.5) is 14.5 Å². The first-order valence-electron chi connectivity index (χ1n) is 7.96. The number of nitrogens with one attached hydrogen (secondary N) is 1. The van der Waals surface area contributed by atoms with Gasteiger partial charge in [0.1, 0.15) is 17.5 Å². The van der Waals surface area contributed by atoms with Crippen molar-refractivity contribution >= 4 is 23.4 Å². The van der Waals surface area contributed by atoms with E-state index in [0.29, 0.717) is 17.6 Å². The van der Waals surface area contributed by atoms with E-state index in [4.69, 9.17) is 0 Å². The van der Waals surface area contributed by atoms with Gasteiger partial charge in [-0.2, -0.15) is 0 Å². The zero-order chi connectivity index (χ0) is 18.0. The van der Waals surface area contributed by atoms with Gasteiger partial charge in [0.15, 0.2) is 5.16 Å². The Morgan fingerprint density at radius 1 is 1.48 bits per heavy atom. The molecule has 0 bridgehead atoms. The number of amides is 1. The summed E-state index contributed by atoms with van der Waals surface area (Å²) in [4.78, 5) is 12.3. The van der Waals surface area contributed by atoms with Crippen molar-refractivity contribution in [2.45, 2.75) is 42.6 Å². The normalized spacial score (nSPS) is 15.0. The van der Waals surface area contributed by atoms with Crippen LogP contribution in [0.5, 0.6) is 0 Å². The molecular weight excluding hydrogens is 346 g/mol. The Morgan fingerprint density at radius 3 is 2.92 bits per heavy atom. The van der Waals surface area contributed by atoms with Crippen LogP contribution in [-0.2, 0) is 11.3 Å². The van der Waals surface area contributed by atoms with Crippen molar-refractivity contribution < 1.29 is 13.6 Å². The first-order chi connectivity index (χ1) is 12.0. The topological polar surface area (TPSA) is 59.8 Å². The van der Waals surface area contributed by atoms with E-state index >= 15 is 0 Å². The Labute approximate surface area is 148 Å². The molecule has 25 heavy (non-hydrogen) atoms. The summed E-state index contributed by atoms with van der Waals surface area (Å²) in [5.41, 5.74) is -0.177. The molecule has 1 aromatic carbocycles. The fourth-order valence-electron chi connectivity index (χ4n) is 2.37. The van der Waals surface area contributed by atoms with Crippen LogP contribution < -0.4 is 5.32 Å². The fourth-order valence-corrected chi connectivity index (χ4v) is 3.24. The molecule has 1 fully saturated rings. The summed E-state index contributed by atoms with van der Waals surface area (Å²) in [6.45, 7) is 5.99. The van der Waals surface area contributed by atoms with Gasteiger partial charge in [-0.15, -0.1) is 16.8 Å². The average Bonchev–Trinajstić information content (AvgIpc) is 3.35. The Morgan fingerprint density at radius 2 is 2.24 bits per heavy atom. The van der Waals surface area contributed by atoms with Crippen LogP contribution in [-0.4, -0.2) is 25.9 Å². The molecule has 0 radical (unpaired) electrons. The van der Waals surface area contributed by atoms with Crippen molar-refractivity contribution in [2.75, 3.05) is 5.32 Å². The molecule has 0 spiro atoms. The summed E-state index contributed by atoms with van der Waals surface area (Å²) in [6.07, 6.45) is 3.94. The van der Waals surface area contributed by atoms with Crippen molar-refractivity contribution in [1.29, 1.82) is 0 Å². The van der Waals surface area contributed by atoms with E-state index < -0.39 is 22.8 Å². The van der Waals surface area contributed by atoms with E-state index in [1.165, 1.54) is 11.8 Å². The molecule has 1 aliphatic carbocycles. The third-order valence-electron chi connectivity index (χ3n) is 3.84. The van der Waals surface area contributed by atoms with Crippen LogP contribution in [0.1, 0.15) is 31.5 Å². The summed E-state index contributed by atoms with van der Waals surface area (Å²) < 4.78 is 28.8. The number of thioether (sulfide) groups is 1. The largest absolute Gasteiger partial charge is 0.323 e. The lowest BCUT2D eigenvalue weighted by Gasteiger charge is -2.13. The van der Waals surface area contributed by atoms with Crippen molar-refractivity contribution in [1.82, 2.24) is 14.8 Å². The minimum atomic E-state index is -0.683. The number of hydrogen-bond donors (Lipinski definition) is 1. The van der Waals surface area contributed by atoms with Gasteiger partial charge in [0, 0.05) is 18.5 Å². The Balaban J connectivity index is 1.71. The van der Waals surface area contributed by atoms with Gasteiger partial charge < -0.3 is 9.88 Å². The van der Waals surface area contributed by atoms with E-state index in [1.807, 2.05) is 4.57 Å². The molecule has 0 aliphatic heterocycles. The van der Waals surface area contributed by atoms with Crippen molar-refractivity contribution in [3.8, 4) is 0 Å². The van der Waals surface area contributed by atoms with Crippen molar-refractivity contribution in [3.05, 3.63) is 48.3 Å². The van der Waals surface area contributed by atoms with Crippen LogP contribution in [0.25, 0.3) is 0 Å². The van der Waals surface area contributed by atoms with Gasteiger partial charge in [0.25, 0.3) is 0 Å². The predicted octanol–water partition coefficient (Wildman–Crippen LogP) is 3.74. The van der Waals surface area contributed by atoms with Crippen molar-refractivity contribution in [2.24, 2.45) is 0 Å². The lowest BCUT2D eigenvalue weighted by atomic mass is 10.3. The third kappa shape index (κ3) is 4.07. The number of carbonyl (C=O) groups excluding carboxylic acids is 1. The van der Waals surface area contributed by atoms with E-state index in [2.05, 4.69) is 22.1 Å². The molecule has 8 heteroatoms. The first kappa shape index (κ1) is 17.6. The maximum Gasteiger partial charge on any atom is 0.237 e. The number of hydrogen-bond acceptors (Lipinski definition) is 4. The second kappa shape index (κ2) is 7.35. The highest BCUT2D eigenvalue weighted by atomic mass is 32.2. The van der Waals surface area contributed by atoms with E-state index in [-0.39, 0.29) is 5.69 Å². The zero-order valence-electron chi connectivity index (χ0n) is 13.7. The molecule has 1 unspecified atom stereocenters. The summed E-state index contributed by atoms with van der Waals surface area (Å²) in [7, 11) is 0. The number of anilines is 1. The smallest absolute Gasteiger partial charge is 0.237 e. The molecule has 132 valence electrons. The molecule has 3 rings (SSSR count). The zero-order valence-corrected chi connectivity index (χ0v) is 14.5. The SMILES string of the molecule is C=CCn1c(SC(C)C(=O)Nc2cc(F)ccc2F)nnc1C1CC1. The number of nitrogens with zero attached hydrogens (tertiary/aromatic N) is 3. The van der Waals surface area contributed by atoms with Gasteiger partial charge in [0.2, 0.25) is 5.91 Å². The molecule has 2 aromatic rings. The lowest BCUT2D eigenvalue weighted by molar-refractivity contribution is -0.115. The molecule has 1 saturated carbocycles. The van der Waals surface area contributed by atoms with Crippen LogP contribution in [0.3, 0.4) is 0 Å². The second-order valence-corrected chi connectivity index (χ2v) is 7.20. The molecule has 1 amide bonds. The highest BCUT2D eigenvalue weighted by molar-refractivity contribution is 8.00. The fraction of sp³-hybridized carbons (Fsp3) is 0.353. The Hall–Kier alpha value is -2.22. The van der Waals surface area contributed by atoms with Gasteiger partial charge in [0.05, 0.1) is 10.9 Å².